The van der Waals surface area contributed by atoms with E-state index in [1.165, 1.54) is 12.5 Å². The van der Waals surface area contributed by atoms with Gasteiger partial charge >= 0.3 is 0 Å². The van der Waals surface area contributed by atoms with Crippen molar-refractivity contribution in [1.82, 2.24) is 5.32 Å². The van der Waals surface area contributed by atoms with Crippen molar-refractivity contribution in [2.45, 2.75) is 39.2 Å². The monoisotopic (exact) mass is 257 g/mol. The van der Waals surface area contributed by atoms with Crippen LogP contribution in [0.2, 0.25) is 5.02 Å². The van der Waals surface area contributed by atoms with Crippen molar-refractivity contribution in [3.8, 4) is 0 Å². The first kappa shape index (κ1) is 14.5. The summed E-state index contributed by atoms with van der Waals surface area (Å²) in [6.45, 7) is 4.43. The van der Waals surface area contributed by atoms with Crippen LogP contribution in [-0.4, -0.2) is 13.1 Å². The van der Waals surface area contributed by atoms with E-state index < -0.39 is 0 Å². The van der Waals surface area contributed by atoms with E-state index in [2.05, 4.69) is 19.2 Å². The van der Waals surface area contributed by atoms with Crippen LogP contribution in [-0.2, 0) is 6.42 Å². The highest BCUT2D eigenvalue weighted by Gasteiger charge is 2.09. The maximum atomic E-state index is 13.3. The molecular weight excluding hydrogens is 237 g/mol. The number of hydrogen-bond acceptors (Lipinski definition) is 1. The summed E-state index contributed by atoms with van der Waals surface area (Å²) in [5, 5.41) is 3.48. The fraction of sp³-hybridized carbons (Fsp3) is 0.571. The summed E-state index contributed by atoms with van der Waals surface area (Å²) in [5.41, 5.74) is 0.995. The van der Waals surface area contributed by atoms with Gasteiger partial charge in [0.2, 0.25) is 0 Å². The molecule has 1 unspecified atom stereocenters. The van der Waals surface area contributed by atoms with Gasteiger partial charge in [0, 0.05) is 6.04 Å². The molecule has 0 radical (unpaired) electrons. The molecule has 0 amide bonds. The molecule has 1 aromatic carbocycles. The highest BCUT2D eigenvalue weighted by Crippen LogP contribution is 2.18. The number of nitrogens with one attached hydrogen (secondary N) is 1. The predicted molar refractivity (Wildman–Crippen MR) is 72.0 cm³/mol. The zero-order chi connectivity index (χ0) is 12.8. The molecule has 17 heavy (non-hydrogen) atoms. The van der Waals surface area contributed by atoms with Crippen LogP contribution in [0, 0.1) is 11.7 Å². The highest BCUT2D eigenvalue weighted by atomic mass is 35.5. The molecule has 0 aliphatic heterocycles. The summed E-state index contributed by atoms with van der Waals surface area (Å²) in [7, 11) is 1.96. The lowest BCUT2D eigenvalue weighted by Crippen LogP contribution is -2.28. The van der Waals surface area contributed by atoms with Crippen molar-refractivity contribution in [2.24, 2.45) is 5.92 Å². The smallest absolute Gasteiger partial charge is 0.142 e. The third kappa shape index (κ3) is 5.05. The quantitative estimate of drug-likeness (QED) is 0.811. The van der Waals surface area contributed by atoms with Gasteiger partial charge in [0.1, 0.15) is 5.82 Å². The summed E-state index contributed by atoms with van der Waals surface area (Å²) in [4.78, 5) is 0. The Bertz CT molecular complexity index is 352. The molecule has 0 bridgehead atoms. The molecule has 0 spiro atoms. The van der Waals surface area contributed by atoms with Crippen molar-refractivity contribution in [3.05, 3.63) is 34.6 Å². The van der Waals surface area contributed by atoms with Crippen LogP contribution in [0.15, 0.2) is 18.2 Å². The number of hydrogen-bond donors (Lipinski definition) is 1. The Morgan fingerprint density at radius 1 is 1.29 bits per heavy atom. The van der Waals surface area contributed by atoms with Crippen LogP contribution in [0.3, 0.4) is 0 Å². The molecule has 96 valence electrons. The molecule has 0 aliphatic carbocycles. The lowest BCUT2D eigenvalue weighted by Gasteiger charge is -2.17. The van der Waals surface area contributed by atoms with E-state index >= 15 is 0 Å². The van der Waals surface area contributed by atoms with E-state index in [1.807, 2.05) is 13.1 Å². The molecule has 1 nitrogen and oxygen atoms in total. The van der Waals surface area contributed by atoms with E-state index in [0.717, 1.165) is 18.4 Å². The van der Waals surface area contributed by atoms with Gasteiger partial charge in [0.25, 0.3) is 0 Å². The molecular formula is C14H21ClFN. The minimum Gasteiger partial charge on any atom is -0.317 e. The molecule has 3 heteroatoms. The summed E-state index contributed by atoms with van der Waals surface area (Å²) >= 11 is 5.66. The topological polar surface area (TPSA) is 12.0 Å². The highest BCUT2D eigenvalue weighted by molar-refractivity contribution is 6.30. The van der Waals surface area contributed by atoms with E-state index in [-0.39, 0.29) is 10.8 Å². The average molecular weight is 258 g/mol. The average Bonchev–Trinajstić information content (AvgIpc) is 2.28. The van der Waals surface area contributed by atoms with Gasteiger partial charge in [-0.15, -0.1) is 0 Å². The minimum absolute atomic E-state index is 0.192. The Balaban J connectivity index is 2.57. The normalized spacial score (nSPS) is 13.1. The van der Waals surface area contributed by atoms with Crippen molar-refractivity contribution in [3.63, 3.8) is 0 Å². The van der Waals surface area contributed by atoms with E-state index in [1.54, 1.807) is 6.07 Å². The number of rotatable bonds is 6. The Labute approximate surface area is 108 Å². The molecule has 1 aromatic rings. The van der Waals surface area contributed by atoms with Gasteiger partial charge in [0.15, 0.2) is 0 Å². The van der Waals surface area contributed by atoms with Crippen molar-refractivity contribution in [1.29, 1.82) is 0 Å². The summed E-state index contributed by atoms with van der Waals surface area (Å²) < 4.78 is 13.3. The van der Waals surface area contributed by atoms with Crippen LogP contribution in [0.25, 0.3) is 0 Å². The van der Waals surface area contributed by atoms with Crippen molar-refractivity contribution >= 4 is 11.6 Å². The van der Waals surface area contributed by atoms with Crippen LogP contribution in [0.4, 0.5) is 4.39 Å². The van der Waals surface area contributed by atoms with Gasteiger partial charge in [-0.05, 0) is 49.9 Å². The largest absolute Gasteiger partial charge is 0.317 e. The van der Waals surface area contributed by atoms with Gasteiger partial charge in [-0.3, -0.25) is 0 Å². The molecule has 0 aromatic heterocycles. The van der Waals surface area contributed by atoms with Crippen molar-refractivity contribution < 1.29 is 4.39 Å². The van der Waals surface area contributed by atoms with E-state index in [4.69, 9.17) is 11.6 Å². The third-order valence-corrected chi connectivity index (χ3v) is 3.27. The maximum absolute atomic E-state index is 13.3. The van der Waals surface area contributed by atoms with Gasteiger partial charge in [0.05, 0.1) is 5.02 Å². The van der Waals surface area contributed by atoms with E-state index in [9.17, 15) is 4.39 Å². The molecule has 0 heterocycles. The second-order valence-corrected chi connectivity index (χ2v) is 5.32. The van der Waals surface area contributed by atoms with Crippen LogP contribution in [0.5, 0.6) is 0 Å². The molecule has 1 rings (SSSR count). The Kier molecular flexibility index (Phi) is 5.93. The fourth-order valence-electron chi connectivity index (χ4n) is 1.83. The zero-order valence-corrected chi connectivity index (χ0v) is 11.5. The predicted octanol–water partition coefficient (Wildman–Crippen LogP) is 4.05. The first-order valence-electron chi connectivity index (χ1n) is 6.14. The summed E-state index contributed by atoms with van der Waals surface area (Å²) in [6.07, 6.45) is 3.14. The first-order chi connectivity index (χ1) is 8.02. The second-order valence-electron chi connectivity index (χ2n) is 4.91. The lowest BCUT2D eigenvalue weighted by molar-refractivity contribution is 0.450. The van der Waals surface area contributed by atoms with Gasteiger partial charge in [-0.25, -0.2) is 4.39 Å². The van der Waals surface area contributed by atoms with Crippen molar-refractivity contribution in [2.75, 3.05) is 7.05 Å². The molecule has 0 fully saturated rings. The number of halogens is 2. The van der Waals surface area contributed by atoms with Crippen LogP contribution in [0.1, 0.15) is 32.3 Å². The summed E-state index contributed by atoms with van der Waals surface area (Å²) in [6, 6.07) is 5.45. The molecule has 1 N–H and O–H groups in total. The molecule has 1 atom stereocenters. The molecule has 0 aliphatic rings. The Morgan fingerprint density at radius 2 is 2.00 bits per heavy atom. The SMILES string of the molecule is CNC(CCC(C)C)Cc1ccc(Cl)c(F)c1. The van der Waals surface area contributed by atoms with Gasteiger partial charge in [-0.2, -0.15) is 0 Å². The van der Waals surface area contributed by atoms with E-state index in [0.29, 0.717) is 12.0 Å². The summed E-state index contributed by atoms with van der Waals surface area (Å²) in [5.74, 6) is 0.371. The van der Waals surface area contributed by atoms with Crippen LogP contribution >= 0.6 is 11.6 Å². The maximum Gasteiger partial charge on any atom is 0.142 e. The standard InChI is InChI=1S/C14H21ClFN/c1-10(2)4-6-12(17-3)8-11-5-7-13(15)14(16)9-11/h5,7,9-10,12,17H,4,6,8H2,1-3H3. The number of benzene rings is 1. The second kappa shape index (κ2) is 6.97. The van der Waals surface area contributed by atoms with Crippen LogP contribution < -0.4 is 5.32 Å². The van der Waals surface area contributed by atoms with Gasteiger partial charge in [-0.1, -0.05) is 31.5 Å². The third-order valence-electron chi connectivity index (χ3n) is 2.97. The number of likely N-dealkylation sites (N-methyl/N-ethyl adjacent to an activating group) is 1. The van der Waals surface area contributed by atoms with Gasteiger partial charge < -0.3 is 5.32 Å². The molecule has 0 saturated heterocycles. The minimum atomic E-state index is -0.331. The molecule has 0 saturated carbocycles. The first-order valence-corrected chi connectivity index (χ1v) is 6.52. The lowest BCUT2D eigenvalue weighted by atomic mass is 9.98. The Morgan fingerprint density at radius 3 is 2.53 bits per heavy atom. The Hall–Kier alpha value is -0.600. The fourth-order valence-corrected chi connectivity index (χ4v) is 1.95. The zero-order valence-electron chi connectivity index (χ0n) is 10.8.